The minimum Gasteiger partial charge on any atom is -0.374 e. The third-order valence-corrected chi connectivity index (χ3v) is 10.9. The van der Waals surface area contributed by atoms with Gasteiger partial charge in [-0.2, -0.15) is 0 Å². The van der Waals surface area contributed by atoms with Crippen molar-refractivity contribution in [1.82, 2.24) is 10.3 Å². The first-order valence-electron chi connectivity index (χ1n) is 19.2. The van der Waals surface area contributed by atoms with Crippen LogP contribution in [0.3, 0.4) is 0 Å². The number of rotatable bonds is 7. The van der Waals surface area contributed by atoms with Gasteiger partial charge in [0.05, 0.1) is 17.3 Å². The Hall–Kier alpha value is -7.29. The lowest BCUT2D eigenvalue weighted by molar-refractivity contribution is 0.767. The van der Waals surface area contributed by atoms with E-state index in [0.29, 0.717) is 0 Å². The van der Waals surface area contributed by atoms with Crippen LogP contribution >= 0.6 is 0 Å². The summed E-state index contributed by atoms with van der Waals surface area (Å²) in [7, 11) is 0. The van der Waals surface area contributed by atoms with Crippen molar-refractivity contribution in [3.63, 3.8) is 0 Å². The largest absolute Gasteiger partial charge is 0.374 e. The lowest BCUT2D eigenvalue weighted by Crippen LogP contribution is -2.21. The fourth-order valence-corrected chi connectivity index (χ4v) is 8.11. The molecule has 1 aliphatic rings. The number of allylic oxidation sites excluding steroid dienone is 2. The number of nitrogens with zero attached hydrogens (tertiary/aromatic N) is 1. The summed E-state index contributed by atoms with van der Waals surface area (Å²) in [6, 6.07) is 73.7. The van der Waals surface area contributed by atoms with Crippen molar-refractivity contribution >= 4 is 32.9 Å². The Balaban J connectivity index is 1.05. The van der Waals surface area contributed by atoms with Gasteiger partial charge in [-0.15, -0.1) is 0 Å². The third kappa shape index (κ3) is 6.38. The summed E-state index contributed by atoms with van der Waals surface area (Å²) in [4.78, 5) is 5.21. The van der Waals surface area contributed by atoms with Gasteiger partial charge in [-0.1, -0.05) is 188 Å². The van der Waals surface area contributed by atoms with Crippen molar-refractivity contribution in [2.75, 3.05) is 0 Å². The van der Waals surface area contributed by atoms with E-state index in [1.165, 1.54) is 66.2 Å². The first kappa shape index (κ1) is 33.3. The third-order valence-electron chi connectivity index (χ3n) is 10.9. The first-order valence-corrected chi connectivity index (χ1v) is 19.2. The van der Waals surface area contributed by atoms with Gasteiger partial charge in [-0.25, -0.2) is 4.98 Å². The normalized spacial score (nSPS) is 13.9. The number of fused-ring (bicyclic) bond motifs is 3. The number of dihydropyridines is 1. The zero-order valence-electron chi connectivity index (χ0n) is 30.8. The van der Waals surface area contributed by atoms with Gasteiger partial charge in [0.1, 0.15) is 0 Å². The molecule has 1 atom stereocenters. The Labute approximate surface area is 327 Å². The van der Waals surface area contributed by atoms with E-state index < -0.39 is 0 Å². The Morgan fingerprint density at radius 1 is 0.393 bits per heavy atom. The molecule has 1 aromatic heterocycles. The smallest absolute Gasteiger partial charge is 0.0722 e. The van der Waals surface area contributed by atoms with Crippen LogP contribution < -0.4 is 5.32 Å². The molecule has 8 aromatic carbocycles. The maximum Gasteiger partial charge on any atom is 0.0722 e. The van der Waals surface area contributed by atoms with Gasteiger partial charge < -0.3 is 5.32 Å². The van der Waals surface area contributed by atoms with Crippen LogP contribution in [0.1, 0.15) is 22.7 Å². The van der Waals surface area contributed by atoms with Gasteiger partial charge >= 0.3 is 0 Å². The Bertz CT molecular complexity index is 2890. The van der Waals surface area contributed by atoms with E-state index in [9.17, 15) is 0 Å². The highest BCUT2D eigenvalue weighted by atomic mass is 14.9. The number of hydrogen-bond donors (Lipinski definition) is 1. The predicted molar refractivity (Wildman–Crippen MR) is 236 cm³/mol. The lowest BCUT2D eigenvalue weighted by Gasteiger charge is -2.26. The van der Waals surface area contributed by atoms with E-state index in [1.54, 1.807) is 0 Å². The summed E-state index contributed by atoms with van der Waals surface area (Å²) < 4.78 is 0. The van der Waals surface area contributed by atoms with Crippen LogP contribution in [0.5, 0.6) is 0 Å². The summed E-state index contributed by atoms with van der Waals surface area (Å²) in [5, 5.41) is 7.43. The van der Waals surface area contributed by atoms with E-state index in [0.717, 1.165) is 28.0 Å². The number of nitrogens with one attached hydrogen (secondary N) is 1. The molecule has 1 unspecified atom stereocenters. The number of aromatic nitrogens is 1. The molecule has 0 fully saturated rings. The van der Waals surface area contributed by atoms with Crippen LogP contribution in [0.4, 0.5) is 0 Å². The molecule has 1 N–H and O–H groups in total. The maximum absolute atomic E-state index is 5.21. The summed E-state index contributed by atoms with van der Waals surface area (Å²) >= 11 is 0. The van der Waals surface area contributed by atoms with Crippen LogP contribution in [0, 0.1) is 0 Å². The monoisotopic (exact) mass is 714 g/mol. The van der Waals surface area contributed by atoms with Crippen LogP contribution in [0.25, 0.3) is 77.6 Å². The predicted octanol–water partition coefficient (Wildman–Crippen LogP) is 13.8. The molecule has 0 saturated carbocycles. The molecule has 10 rings (SSSR count). The molecule has 2 heteroatoms. The average Bonchev–Trinajstić information content (AvgIpc) is 3.29. The van der Waals surface area contributed by atoms with Crippen molar-refractivity contribution in [3.8, 4) is 44.6 Å². The first-order chi connectivity index (χ1) is 27.7. The minimum absolute atomic E-state index is 0.0347. The quantitative estimate of drug-likeness (QED) is 0.166. The van der Waals surface area contributed by atoms with Crippen molar-refractivity contribution < 1.29 is 0 Å². The topological polar surface area (TPSA) is 24.9 Å². The fraction of sp³-hybridized carbons (Fsp3) is 0.0185. The lowest BCUT2D eigenvalue weighted by atomic mass is 9.90. The second-order valence-electron chi connectivity index (χ2n) is 14.4. The molecule has 0 bridgehead atoms. The van der Waals surface area contributed by atoms with Gasteiger partial charge in [0, 0.05) is 16.6 Å². The van der Waals surface area contributed by atoms with Gasteiger partial charge in [0.2, 0.25) is 0 Å². The summed E-state index contributed by atoms with van der Waals surface area (Å²) in [5.41, 5.74) is 16.1. The van der Waals surface area contributed by atoms with E-state index in [-0.39, 0.29) is 6.04 Å². The van der Waals surface area contributed by atoms with Gasteiger partial charge in [-0.3, -0.25) is 0 Å². The highest BCUT2D eigenvalue weighted by molar-refractivity contribution is 6.17. The zero-order valence-corrected chi connectivity index (χ0v) is 30.8. The molecule has 0 radical (unpaired) electrons. The molecule has 2 heterocycles. The molecule has 0 amide bonds. The number of pyridine rings is 1. The van der Waals surface area contributed by atoms with Gasteiger partial charge in [0.25, 0.3) is 0 Å². The van der Waals surface area contributed by atoms with Crippen molar-refractivity contribution in [3.05, 3.63) is 235 Å². The van der Waals surface area contributed by atoms with E-state index in [1.807, 2.05) is 0 Å². The highest BCUT2D eigenvalue weighted by Gasteiger charge is 2.19. The fourth-order valence-electron chi connectivity index (χ4n) is 8.11. The van der Waals surface area contributed by atoms with Crippen LogP contribution in [0.2, 0.25) is 0 Å². The second-order valence-corrected chi connectivity index (χ2v) is 14.4. The molecule has 0 aliphatic carbocycles. The SMILES string of the molecule is C1=C(c2ccc(-c3cccc4c3ccc3nc(-c5ccccc5)cc(-c5ccccc5)c34)cc2)C=C(c2cccc(-c3ccccc3)c2)NC1c1ccccc1. The van der Waals surface area contributed by atoms with Crippen molar-refractivity contribution in [1.29, 1.82) is 0 Å². The molecule has 2 nitrogen and oxygen atoms in total. The Morgan fingerprint density at radius 3 is 1.71 bits per heavy atom. The van der Waals surface area contributed by atoms with Crippen molar-refractivity contribution in [2.24, 2.45) is 0 Å². The van der Waals surface area contributed by atoms with E-state index in [2.05, 4.69) is 224 Å². The molecular weight excluding hydrogens is 677 g/mol. The highest BCUT2D eigenvalue weighted by Crippen LogP contribution is 2.40. The average molecular weight is 715 g/mol. The number of benzene rings is 8. The zero-order chi connectivity index (χ0) is 37.3. The molecule has 0 saturated heterocycles. The van der Waals surface area contributed by atoms with E-state index >= 15 is 0 Å². The summed E-state index contributed by atoms with van der Waals surface area (Å²) in [6.07, 6.45) is 4.64. The van der Waals surface area contributed by atoms with E-state index in [4.69, 9.17) is 4.98 Å². The summed E-state index contributed by atoms with van der Waals surface area (Å²) in [5.74, 6) is 0. The Kier molecular flexibility index (Phi) is 8.62. The molecule has 1 aliphatic heterocycles. The number of hydrogen-bond acceptors (Lipinski definition) is 2. The maximum atomic E-state index is 5.21. The molecular formula is C54H38N2. The standard InChI is InChI=1S/C54H38N2/c1-5-15-37(16-6-1)43-23-13-24-44(33-43)52-35-45(34-51(56-52)41-19-9-3-10-20-41)38-27-29-40(30-28-38)46-25-14-26-48-47(46)31-32-50-54(48)49(39-17-7-2-8-18-39)36-53(55-50)42-21-11-4-12-22-42/h1-36,51,56H. The minimum atomic E-state index is 0.0347. The van der Waals surface area contributed by atoms with Gasteiger partial charge in [-0.05, 0) is 96.8 Å². The van der Waals surface area contributed by atoms with Crippen molar-refractivity contribution in [2.45, 2.75) is 6.04 Å². The summed E-state index contributed by atoms with van der Waals surface area (Å²) in [6.45, 7) is 0. The second kappa shape index (κ2) is 14.5. The molecule has 9 aromatic rings. The van der Waals surface area contributed by atoms with Crippen LogP contribution in [0.15, 0.2) is 218 Å². The Morgan fingerprint density at radius 2 is 0.982 bits per heavy atom. The molecule has 0 spiro atoms. The molecule has 264 valence electrons. The van der Waals surface area contributed by atoms with Crippen LogP contribution in [-0.4, -0.2) is 4.98 Å². The van der Waals surface area contributed by atoms with Crippen LogP contribution in [-0.2, 0) is 0 Å². The van der Waals surface area contributed by atoms with Gasteiger partial charge in [0.15, 0.2) is 0 Å². The molecule has 56 heavy (non-hydrogen) atoms.